The van der Waals surface area contributed by atoms with Crippen LogP contribution in [0.5, 0.6) is 0 Å². The Kier molecular flexibility index (Phi) is 4.09. The minimum atomic E-state index is 0.139. The summed E-state index contributed by atoms with van der Waals surface area (Å²) in [6.07, 6.45) is 4.67. The van der Waals surface area contributed by atoms with Gasteiger partial charge in [0.25, 0.3) is 0 Å². The predicted molar refractivity (Wildman–Crippen MR) is 81.9 cm³/mol. The summed E-state index contributed by atoms with van der Waals surface area (Å²) in [7, 11) is 0. The minimum absolute atomic E-state index is 0.139. The number of benzene rings is 1. The molecular weight excluding hydrogens is 262 g/mol. The van der Waals surface area contributed by atoms with E-state index in [-0.39, 0.29) is 23.7 Å². The standard InChI is InChI=1S/C18H23NO2/c1-13(20)11-15-9-5-6-10-19(15)18(21)17-12-16(17)14-7-3-2-4-8-14/h2-4,7-8,15-17H,5-6,9-12H2,1H3. The normalized spacial score (nSPS) is 28.2. The Morgan fingerprint density at radius 2 is 1.95 bits per heavy atom. The fourth-order valence-corrected chi connectivity index (χ4v) is 3.58. The molecule has 1 aliphatic carbocycles. The number of rotatable bonds is 4. The monoisotopic (exact) mass is 285 g/mol. The SMILES string of the molecule is CC(=O)CC1CCCCN1C(=O)C1CC1c1ccccc1. The highest BCUT2D eigenvalue weighted by molar-refractivity contribution is 5.84. The minimum Gasteiger partial charge on any atom is -0.339 e. The van der Waals surface area contributed by atoms with Crippen LogP contribution < -0.4 is 0 Å². The highest BCUT2D eigenvalue weighted by Crippen LogP contribution is 2.49. The van der Waals surface area contributed by atoms with Gasteiger partial charge in [-0.15, -0.1) is 0 Å². The molecule has 21 heavy (non-hydrogen) atoms. The Morgan fingerprint density at radius 1 is 1.19 bits per heavy atom. The smallest absolute Gasteiger partial charge is 0.226 e. The van der Waals surface area contributed by atoms with Crippen LogP contribution in [0.4, 0.5) is 0 Å². The number of Topliss-reactive ketones (excluding diaryl/α,β-unsaturated/α-hetero) is 1. The summed E-state index contributed by atoms with van der Waals surface area (Å²) in [5.74, 6) is 0.989. The molecule has 3 atom stereocenters. The Labute approximate surface area is 126 Å². The lowest BCUT2D eigenvalue weighted by molar-refractivity contribution is -0.137. The lowest BCUT2D eigenvalue weighted by atomic mass is 9.97. The van der Waals surface area contributed by atoms with Gasteiger partial charge in [-0.2, -0.15) is 0 Å². The molecule has 3 heteroatoms. The molecule has 1 aromatic carbocycles. The van der Waals surface area contributed by atoms with Crippen LogP contribution >= 0.6 is 0 Å². The van der Waals surface area contributed by atoms with E-state index in [1.54, 1.807) is 6.92 Å². The Morgan fingerprint density at radius 3 is 2.67 bits per heavy atom. The molecule has 2 fully saturated rings. The molecule has 1 heterocycles. The molecule has 1 aliphatic heterocycles. The van der Waals surface area contributed by atoms with E-state index >= 15 is 0 Å². The van der Waals surface area contributed by atoms with Crippen molar-refractivity contribution < 1.29 is 9.59 Å². The molecule has 1 saturated carbocycles. The Balaban J connectivity index is 1.66. The quantitative estimate of drug-likeness (QED) is 0.852. The second-order valence-electron chi connectivity index (χ2n) is 6.45. The molecule has 3 rings (SSSR count). The van der Waals surface area contributed by atoms with Crippen LogP contribution in [0, 0.1) is 5.92 Å². The molecule has 2 aliphatic rings. The summed E-state index contributed by atoms with van der Waals surface area (Å²) in [5.41, 5.74) is 1.27. The van der Waals surface area contributed by atoms with Crippen LogP contribution in [0.1, 0.15) is 50.5 Å². The zero-order valence-corrected chi connectivity index (χ0v) is 12.6. The Bertz CT molecular complexity index is 525. The molecule has 0 spiro atoms. The first-order valence-electron chi connectivity index (χ1n) is 8.01. The van der Waals surface area contributed by atoms with E-state index in [0.29, 0.717) is 12.3 Å². The zero-order valence-electron chi connectivity index (χ0n) is 12.6. The van der Waals surface area contributed by atoms with Crippen LogP contribution in [0.25, 0.3) is 0 Å². The molecule has 1 amide bonds. The molecule has 0 N–H and O–H groups in total. The van der Waals surface area contributed by atoms with Crippen LogP contribution in [0.3, 0.4) is 0 Å². The van der Waals surface area contributed by atoms with Crippen molar-refractivity contribution in [2.24, 2.45) is 5.92 Å². The number of likely N-dealkylation sites (tertiary alicyclic amines) is 1. The van der Waals surface area contributed by atoms with E-state index < -0.39 is 0 Å². The molecule has 0 aromatic heterocycles. The summed E-state index contributed by atoms with van der Waals surface area (Å²) in [5, 5.41) is 0. The van der Waals surface area contributed by atoms with Gasteiger partial charge < -0.3 is 4.90 Å². The van der Waals surface area contributed by atoms with Crippen LogP contribution in [0.2, 0.25) is 0 Å². The van der Waals surface area contributed by atoms with Crippen molar-refractivity contribution in [1.29, 1.82) is 0 Å². The summed E-state index contributed by atoms with van der Waals surface area (Å²) in [6.45, 7) is 2.45. The second-order valence-corrected chi connectivity index (χ2v) is 6.45. The molecule has 112 valence electrons. The number of piperidine rings is 1. The fraction of sp³-hybridized carbons (Fsp3) is 0.556. The van der Waals surface area contributed by atoms with Gasteiger partial charge in [-0.3, -0.25) is 9.59 Å². The van der Waals surface area contributed by atoms with Crippen molar-refractivity contribution in [2.75, 3.05) is 6.54 Å². The number of carbonyl (C=O) groups is 2. The first kappa shape index (κ1) is 14.3. The molecule has 1 saturated heterocycles. The number of ketones is 1. The number of hydrogen-bond donors (Lipinski definition) is 0. The number of carbonyl (C=O) groups excluding carboxylic acids is 2. The predicted octanol–water partition coefficient (Wildman–Crippen LogP) is 3.15. The number of amides is 1. The van der Waals surface area contributed by atoms with Gasteiger partial charge in [0.15, 0.2) is 0 Å². The summed E-state index contributed by atoms with van der Waals surface area (Å²) in [6, 6.07) is 10.4. The van der Waals surface area contributed by atoms with Gasteiger partial charge in [0, 0.05) is 24.9 Å². The van der Waals surface area contributed by atoms with Crippen LogP contribution in [-0.2, 0) is 9.59 Å². The molecule has 3 nitrogen and oxygen atoms in total. The largest absolute Gasteiger partial charge is 0.339 e. The van der Waals surface area contributed by atoms with Crippen molar-refractivity contribution >= 4 is 11.7 Å². The van der Waals surface area contributed by atoms with Gasteiger partial charge in [-0.1, -0.05) is 30.3 Å². The maximum absolute atomic E-state index is 12.8. The lowest BCUT2D eigenvalue weighted by Gasteiger charge is -2.35. The van der Waals surface area contributed by atoms with Crippen LogP contribution in [-0.4, -0.2) is 29.2 Å². The van der Waals surface area contributed by atoms with E-state index in [1.165, 1.54) is 5.56 Å². The third-order valence-corrected chi connectivity index (χ3v) is 4.77. The third-order valence-electron chi connectivity index (χ3n) is 4.77. The molecule has 0 radical (unpaired) electrons. The van der Waals surface area contributed by atoms with E-state index in [2.05, 4.69) is 12.1 Å². The fourth-order valence-electron chi connectivity index (χ4n) is 3.58. The molecule has 1 aromatic rings. The van der Waals surface area contributed by atoms with Gasteiger partial charge in [-0.25, -0.2) is 0 Å². The average Bonchev–Trinajstić information content (AvgIpc) is 3.28. The third kappa shape index (κ3) is 3.17. The maximum atomic E-state index is 12.8. The number of hydrogen-bond acceptors (Lipinski definition) is 2. The van der Waals surface area contributed by atoms with E-state index in [0.717, 1.165) is 32.2 Å². The van der Waals surface area contributed by atoms with Crippen molar-refractivity contribution in [1.82, 2.24) is 4.90 Å². The summed E-state index contributed by atoms with van der Waals surface area (Å²) >= 11 is 0. The number of nitrogens with zero attached hydrogens (tertiary/aromatic N) is 1. The molecule has 3 unspecified atom stereocenters. The van der Waals surface area contributed by atoms with E-state index in [9.17, 15) is 9.59 Å². The first-order chi connectivity index (χ1) is 10.2. The highest BCUT2D eigenvalue weighted by atomic mass is 16.2. The van der Waals surface area contributed by atoms with E-state index in [1.807, 2.05) is 23.1 Å². The zero-order chi connectivity index (χ0) is 14.8. The topological polar surface area (TPSA) is 37.4 Å². The van der Waals surface area contributed by atoms with Gasteiger partial charge in [0.05, 0.1) is 0 Å². The highest BCUT2D eigenvalue weighted by Gasteiger charge is 2.47. The Hall–Kier alpha value is -1.64. The van der Waals surface area contributed by atoms with Crippen molar-refractivity contribution in [3.05, 3.63) is 35.9 Å². The molecule has 0 bridgehead atoms. The van der Waals surface area contributed by atoms with Crippen LogP contribution in [0.15, 0.2) is 30.3 Å². The van der Waals surface area contributed by atoms with Crippen molar-refractivity contribution in [2.45, 2.75) is 51.0 Å². The summed E-state index contributed by atoms with van der Waals surface area (Å²) < 4.78 is 0. The maximum Gasteiger partial charge on any atom is 0.226 e. The van der Waals surface area contributed by atoms with Crippen molar-refractivity contribution in [3.8, 4) is 0 Å². The second kappa shape index (κ2) is 6.00. The van der Waals surface area contributed by atoms with Gasteiger partial charge in [-0.05, 0) is 44.1 Å². The van der Waals surface area contributed by atoms with Gasteiger partial charge in [0.1, 0.15) is 5.78 Å². The van der Waals surface area contributed by atoms with Gasteiger partial charge >= 0.3 is 0 Å². The average molecular weight is 285 g/mol. The summed E-state index contributed by atoms with van der Waals surface area (Å²) in [4.78, 5) is 26.2. The molecular formula is C18H23NO2. The van der Waals surface area contributed by atoms with E-state index in [4.69, 9.17) is 0 Å². The van der Waals surface area contributed by atoms with Gasteiger partial charge in [0.2, 0.25) is 5.91 Å². The lowest BCUT2D eigenvalue weighted by Crippen LogP contribution is -2.45. The first-order valence-corrected chi connectivity index (χ1v) is 8.01. The van der Waals surface area contributed by atoms with Crippen molar-refractivity contribution in [3.63, 3.8) is 0 Å².